The minimum absolute atomic E-state index is 0.0311. The Bertz CT molecular complexity index is 260. The molecule has 0 spiro atoms. The molecule has 0 saturated carbocycles. The fraction of sp³-hybridized carbons (Fsp3) is 0.857. The number of carbonyl (C=O) groups excluding carboxylic acids is 2. The first-order chi connectivity index (χ1) is 9.07. The Morgan fingerprint density at radius 2 is 1.53 bits per heavy atom. The third kappa shape index (κ3) is 12.1. The van der Waals surface area contributed by atoms with E-state index in [1.165, 1.54) is 39.0 Å². The van der Waals surface area contributed by atoms with Gasteiger partial charge in [0.2, 0.25) is 0 Å². The molecule has 19 heavy (non-hydrogen) atoms. The van der Waals surface area contributed by atoms with Gasteiger partial charge in [-0.1, -0.05) is 32.1 Å². The van der Waals surface area contributed by atoms with E-state index in [0.717, 1.165) is 18.6 Å². The first-order valence-electron chi connectivity index (χ1n) is 7.23. The summed E-state index contributed by atoms with van der Waals surface area (Å²) in [7, 11) is 0. The van der Waals surface area contributed by atoms with Crippen LogP contribution < -0.4 is 10.6 Å². The van der Waals surface area contributed by atoms with E-state index < -0.39 is 6.04 Å². The van der Waals surface area contributed by atoms with Gasteiger partial charge in [0.05, 0.1) is 6.04 Å². The monoisotopic (exact) mass is 288 g/mol. The second kappa shape index (κ2) is 12.3. The maximum absolute atomic E-state index is 11.4. The van der Waals surface area contributed by atoms with E-state index in [0.29, 0.717) is 6.54 Å². The molecular formula is C14H28N2O2S. The van der Waals surface area contributed by atoms with Gasteiger partial charge in [-0.25, -0.2) is 4.79 Å². The van der Waals surface area contributed by atoms with Gasteiger partial charge < -0.3 is 10.6 Å². The first kappa shape index (κ1) is 18.3. The van der Waals surface area contributed by atoms with Gasteiger partial charge in [-0.15, -0.1) is 0 Å². The lowest BCUT2D eigenvalue weighted by Crippen LogP contribution is -2.43. The summed E-state index contributed by atoms with van der Waals surface area (Å²) in [6, 6.07) is -0.664. The Balaban J connectivity index is 3.30. The van der Waals surface area contributed by atoms with Crippen molar-refractivity contribution in [2.24, 2.45) is 0 Å². The zero-order valence-corrected chi connectivity index (χ0v) is 13.1. The molecular weight excluding hydrogens is 260 g/mol. The molecule has 0 unspecified atom stereocenters. The number of ketones is 1. The highest BCUT2D eigenvalue weighted by Gasteiger charge is 2.09. The Kier molecular flexibility index (Phi) is 11.9. The molecule has 5 heteroatoms. The van der Waals surface area contributed by atoms with Gasteiger partial charge in [-0.3, -0.25) is 4.79 Å². The molecule has 0 aromatic rings. The highest BCUT2D eigenvalue weighted by molar-refractivity contribution is 7.80. The molecule has 0 aromatic heterocycles. The van der Waals surface area contributed by atoms with Gasteiger partial charge >= 0.3 is 6.03 Å². The molecule has 0 rings (SSSR count). The van der Waals surface area contributed by atoms with Gasteiger partial charge in [0.15, 0.2) is 5.78 Å². The molecule has 112 valence electrons. The van der Waals surface area contributed by atoms with Crippen LogP contribution >= 0.6 is 12.6 Å². The molecule has 0 aliphatic carbocycles. The van der Waals surface area contributed by atoms with Crippen molar-refractivity contribution in [1.82, 2.24) is 10.6 Å². The largest absolute Gasteiger partial charge is 0.338 e. The van der Waals surface area contributed by atoms with Crippen molar-refractivity contribution in [2.45, 2.75) is 64.8 Å². The van der Waals surface area contributed by atoms with Crippen LogP contribution in [0.5, 0.6) is 0 Å². The number of hydrogen-bond donors (Lipinski definition) is 3. The number of thiol groups is 1. The molecule has 4 nitrogen and oxygen atoms in total. The number of rotatable bonds is 11. The molecule has 0 heterocycles. The van der Waals surface area contributed by atoms with Crippen LogP contribution in [0.25, 0.3) is 0 Å². The SMILES string of the molecule is CC(=O)[C@@H](C)NC(=O)NCCCCCCCCCS. The second-order valence-corrected chi connectivity index (χ2v) is 5.38. The summed E-state index contributed by atoms with van der Waals surface area (Å²) in [5.74, 6) is 0.953. The molecule has 0 aromatic carbocycles. The third-order valence-electron chi connectivity index (χ3n) is 3.08. The number of hydrogen-bond acceptors (Lipinski definition) is 3. The Morgan fingerprint density at radius 3 is 2.05 bits per heavy atom. The number of carbonyl (C=O) groups is 2. The van der Waals surface area contributed by atoms with Crippen molar-refractivity contribution < 1.29 is 9.59 Å². The Labute approximate surface area is 122 Å². The summed E-state index contributed by atoms with van der Waals surface area (Å²) in [4.78, 5) is 22.3. The Hall–Kier alpha value is -0.710. The van der Waals surface area contributed by atoms with Crippen molar-refractivity contribution in [2.75, 3.05) is 12.3 Å². The number of unbranched alkanes of at least 4 members (excludes halogenated alkanes) is 6. The molecule has 0 bridgehead atoms. The summed E-state index contributed by atoms with van der Waals surface area (Å²) in [5.41, 5.74) is 0. The van der Waals surface area contributed by atoms with Crippen LogP contribution in [-0.2, 0) is 4.79 Å². The van der Waals surface area contributed by atoms with E-state index in [2.05, 4.69) is 23.3 Å². The standard InChI is InChI=1S/C14H28N2O2S/c1-12(13(2)17)16-14(18)15-10-8-6-4-3-5-7-9-11-19/h12,19H,3-11H2,1-2H3,(H2,15,16,18)/t12-/m1/s1. The molecule has 0 fully saturated rings. The molecule has 0 aliphatic heterocycles. The maximum Gasteiger partial charge on any atom is 0.315 e. The van der Waals surface area contributed by atoms with Crippen molar-refractivity contribution >= 4 is 24.4 Å². The number of amides is 2. The van der Waals surface area contributed by atoms with Crippen molar-refractivity contribution in [1.29, 1.82) is 0 Å². The van der Waals surface area contributed by atoms with Crippen LogP contribution in [0, 0.1) is 0 Å². The number of Topliss-reactive ketones (excluding diaryl/α,β-unsaturated/α-hetero) is 1. The van der Waals surface area contributed by atoms with E-state index in [-0.39, 0.29) is 11.8 Å². The van der Waals surface area contributed by atoms with Crippen molar-refractivity contribution in [3.63, 3.8) is 0 Å². The fourth-order valence-electron chi connectivity index (χ4n) is 1.67. The summed E-state index contributed by atoms with van der Waals surface area (Å²) in [5, 5.41) is 5.37. The average Bonchev–Trinajstić information content (AvgIpc) is 2.36. The molecule has 0 radical (unpaired) electrons. The molecule has 1 atom stereocenters. The van der Waals surface area contributed by atoms with Gasteiger partial charge in [-0.05, 0) is 32.4 Å². The lowest BCUT2D eigenvalue weighted by molar-refractivity contribution is -0.118. The van der Waals surface area contributed by atoms with Gasteiger partial charge in [-0.2, -0.15) is 12.6 Å². The first-order valence-corrected chi connectivity index (χ1v) is 7.87. The van der Waals surface area contributed by atoms with Crippen LogP contribution in [0.2, 0.25) is 0 Å². The zero-order valence-electron chi connectivity index (χ0n) is 12.2. The van der Waals surface area contributed by atoms with Crippen molar-refractivity contribution in [3.8, 4) is 0 Å². The smallest absolute Gasteiger partial charge is 0.315 e. The van der Waals surface area contributed by atoms with E-state index in [4.69, 9.17) is 0 Å². The van der Waals surface area contributed by atoms with E-state index >= 15 is 0 Å². The fourth-order valence-corrected chi connectivity index (χ4v) is 1.90. The van der Waals surface area contributed by atoms with Crippen LogP contribution in [0.3, 0.4) is 0 Å². The van der Waals surface area contributed by atoms with E-state index in [9.17, 15) is 9.59 Å². The highest BCUT2D eigenvalue weighted by atomic mass is 32.1. The average molecular weight is 288 g/mol. The topological polar surface area (TPSA) is 58.2 Å². The van der Waals surface area contributed by atoms with Crippen molar-refractivity contribution in [3.05, 3.63) is 0 Å². The lowest BCUT2D eigenvalue weighted by atomic mass is 10.1. The predicted octanol–water partition coefficient (Wildman–Crippen LogP) is 2.92. The van der Waals surface area contributed by atoms with Gasteiger partial charge in [0.25, 0.3) is 0 Å². The quantitative estimate of drug-likeness (QED) is 0.404. The maximum atomic E-state index is 11.4. The molecule has 0 aliphatic rings. The summed E-state index contributed by atoms with van der Waals surface area (Å²) in [6.45, 7) is 3.83. The van der Waals surface area contributed by atoms with Gasteiger partial charge in [0.1, 0.15) is 0 Å². The summed E-state index contributed by atoms with van der Waals surface area (Å²) in [6.07, 6.45) is 8.38. The summed E-state index contributed by atoms with van der Waals surface area (Å²) < 4.78 is 0. The zero-order chi connectivity index (χ0) is 14.5. The van der Waals surface area contributed by atoms with Crippen LogP contribution in [-0.4, -0.2) is 30.2 Å². The minimum Gasteiger partial charge on any atom is -0.338 e. The molecule has 2 amide bonds. The van der Waals surface area contributed by atoms with Gasteiger partial charge in [0, 0.05) is 6.54 Å². The predicted molar refractivity (Wildman–Crippen MR) is 82.8 cm³/mol. The molecule has 2 N–H and O–H groups in total. The number of nitrogens with one attached hydrogen (secondary N) is 2. The lowest BCUT2D eigenvalue weighted by Gasteiger charge is -2.11. The second-order valence-electron chi connectivity index (χ2n) is 4.93. The van der Waals surface area contributed by atoms with Crippen LogP contribution in [0.1, 0.15) is 58.8 Å². The minimum atomic E-state index is -0.410. The highest BCUT2D eigenvalue weighted by Crippen LogP contribution is 2.07. The van der Waals surface area contributed by atoms with E-state index in [1.807, 2.05) is 0 Å². The van der Waals surface area contributed by atoms with Crippen LogP contribution in [0.15, 0.2) is 0 Å². The third-order valence-corrected chi connectivity index (χ3v) is 3.39. The normalized spacial score (nSPS) is 11.9. The Morgan fingerprint density at radius 1 is 1.00 bits per heavy atom. The van der Waals surface area contributed by atoms with Crippen LogP contribution in [0.4, 0.5) is 4.79 Å². The number of urea groups is 1. The van der Waals surface area contributed by atoms with E-state index in [1.54, 1.807) is 6.92 Å². The molecule has 0 saturated heterocycles. The summed E-state index contributed by atoms with van der Waals surface area (Å²) >= 11 is 4.18.